The summed E-state index contributed by atoms with van der Waals surface area (Å²) < 4.78 is 37.8. The number of thioether (sulfide) groups is 1. The Bertz CT molecular complexity index is 497. The summed E-state index contributed by atoms with van der Waals surface area (Å²) in [5, 5.41) is 4.12. The fourth-order valence-corrected chi connectivity index (χ4v) is 3.07. The molecular weight excluding hydrogens is 285 g/mol. The highest BCUT2D eigenvalue weighted by Gasteiger charge is 2.30. The fraction of sp³-hybridized carbons (Fsp3) is 0.500. The molecule has 2 nitrogen and oxygen atoms in total. The first-order chi connectivity index (χ1) is 9.36. The Morgan fingerprint density at radius 3 is 2.75 bits per heavy atom. The number of hydrogen-bond acceptors (Lipinski definition) is 2. The van der Waals surface area contributed by atoms with E-state index < -0.39 is 11.7 Å². The average molecular weight is 302 g/mol. The van der Waals surface area contributed by atoms with Crippen molar-refractivity contribution >= 4 is 16.9 Å². The van der Waals surface area contributed by atoms with Gasteiger partial charge in [0.25, 0.3) is 0 Å². The zero-order valence-corrected chi connectivity index (χ0v) is 12.2. The third-order valence-corrected chi connectivity index (χ3v) is 4.22. The van der Waals surface area contributed by atoms with Crippen LogP contribution in [0, 0.1) is 5.92 Å². The normalized spacial score (nSPS) is 21.5. The molecule has 1 unspecified atom stereocenters. The molecule has 1 N–H and O–H groups in total. The van der Waals surface area contributed by atoms with Crippen molar-refractivity contribution in [3.05, 3.63) is 35.4 Å². The van der Waals surface area contributed by atoms with Crippen molar-refractivity contribution in [3.8, 4) is 0 Å². The molecule has 0 bridgehead atoms. The summed E-state index contributed by atoms with van der Waals surface area (Å²) >= 11 is 1.62. The van der Waals surface area contributed by atoms with E-state index in [2.05, 4.69) is 24.2 Å². The van der Waals surface area contributed by atoms with E-state index in [1.54, 1.807) is 17.8 Å². The van der Waals surface area contributed by atoms with Gasteiger partial charge in [0.05, 0.1) is 12.1 Å². The van der Waals surface area contributed by atoms with E-state index in [9.17, 15) is 13.2 Å². The minimum Gasteiger partial charge on any atom is -0.361 e. The van der Waals surface area contributed by atoms with Crippen molar-refractivity contribution in [2.45, 2.75) is 32.6 Å². The maximum absolute atomic E-state index is 12.6. The number of rotatable bonds is 3. The Balaban J connectivity index is 2.01. The van der Waals surface area contributed by atoms with Crippen LogP contribution in [0.5, 0.6) is 0 Å². The SMILES string of the molecule is CC(C)C1CSC(=NCc2cccc(C(F)(F)F)c2)N1. The molecule has 20 heavy (non-hydrogen) atoms. The van der Waals surface area contributed by atoms with Gasteiger partial charge < -0.3 is 5.32 Å². The van der Waals surface area contributed by atoms with Crippen molar-refractivity contribution in [2.24, 2.45) is 10.9 Å². The molecule has 0 aliphatic carbocycles. The van der Waals surface area contributed by atoms with Gasteiger partial charge in [0.1, 0.15) is 0 Å². The largest absolute Gasteiger partial charge is 0.416 e. The first-order valence-corrected chi connectivity index (χ1v) is 7.45. The standard InChI is InChI=1S/C14H17F3N2S/c1-9(2)12-8-20-13(19-12)18-7-10-4-3-5-11(6-10)14(15,16)17/h3-6,9,12H,7-8H2,1-2H3,(H,18,19). The molecule has 1 atom stereocenters. The number of nitrogens with zero attached hydrogens (tertiary/aromatic N) is 1. The molecule has 1 heterocycles. The summed E-state index contributed by atoms with van der Waals surface area (Å²) in [4.78, 5) is 4.35. The third-order valence-electron chi connectivity index (χ3n) is 3.17. The number of nitrogens with one attached hydrogen (secondary N) is 1. The molecule has 1 aromatic rings. The van der Waals surface area contributed by atoms with Crippen LogP contribution in [0.25, 0.3) is 0 Å². The van der Waals surface area contributed by atoms with Crippen LogP contribution in [0.2, 0.25) is 0 Å². The highest BCUT2D eigenvalue weighted by molar-refractivity contribution is 8.14. The van der Waals surface area contributed by atoms with Crippen LogP contribution in [-0.4, -0.2) is 17.0 Å². The highest BCUT2D eigenvalue weighted by atomic mass is 32.2. The van der Waals surface area contributed by atoms with Gasteiger partial charge in [0, 0.05) is 11.8 Å². The maximum Gasteiger partial charge on any atom is 0.416 e. The predicted octanol–water partition coefficient (Wildman–Crippen LogP) is 3.92. The summed E-state index contributed by atoms with van der Waals surface area (Å²) in [7, 11) is 0. The first-order valence-electron chi connectivity index (χ1n) is 6.46. The Labute approximate surface area is 120 Å². The zero-order chi connectivity index (χ0) is 14.8. The third kappa shape index (κ3) is 3.91. The van der Waals surface area contributed by atoms with E-state index in [0.29, 0.717) is 17.5 Å². The predicted molar refractivity (Wildman–Crippen MR) is 76.8 cm³/mol. The van der Waals surface area contributed by atoms with E-state index in [1.807, 2.05) is 0 Å². The monoisotopic (exact) mass is 302 g/mol. The van der Waals surface area contributed by atoms with E-state index >= 15 is 0 Å². The van der Waals surface area contributed by atoms with Gasteiger partial charge in [-0.15, -0.1) is 0 Å². The Morgan fingerprint density at radius 2 is 2.15 bits per heavy atom. The van der Waals surface area contributed by atoms with Crippen molar-refractivity contribution in [3.63, 3.8) is 0 Å². The number of halogens is 3. The molecule has 0 radical (unpaired) electrons. The van der Waals surface area contributed by atoms with Gasteiger partial charge in [0.15, 0.2) is 5.17 Å². The lowest BCUT2D eigenvalue weighted by molar-refractivity contribution is -0.137. The molecule has 1 aromatic carbocycles. The van der Waals surface area contributed by atoms with Crippen LogP contribution in [0.1, 0.15) is 25.0 Å². The number of hydrogen-bond donors (Lipinski definition) is 1. The van der Waals surface area contributed by atoms with Crippen molar-refractivity contribution in [1.29, 1.82) is 0 Å². The van der Waals surface area contributed by atoms with E-state index in [-0.39, 0.29) is 6.54 Å². The summed E-state index contributed by atoms with van der Waals surface area (Å²) in [6.07, 6.45) is -4.30. The van der Waals surface area contributed by atoms with Crippen molar-refractivity contribution in [2.75, 3.05) is 5.75 Å². The lowest BCUT2D eigenvalue weighted by Gasteiger charge is -2.13. The zero-order valence-electron chi connectivity index (χ0n) is 11.4. The molecule has 6 heteroatoms. The molecule has 0 saturated carbocycles. The van der Waals surface area contributed by atoms with Crippen LogP contribution < -0.4 is 5.32 Å². The maximum atomic E-state index is 12.6. The minimum absolute atomic E-state index is 0.268. The summed E-state index contributed by atoms with van der Waals surface area (Å²) in [6.45, 7) is 4.53. The smallest absolute Gasteiger partial charge is 0.361 e. The fourth-order valence-electron chi connectivity index (χ4n) is 1.87. The van der Waals surface area contributed by atoms with Gasteiger partial charge in [0.2, 0.25) is 0 Å². The molecule has 0 aromatic heterocycles. The van der Waals surface area contributed by atoms with Crippen LogP contribution >= 0.6 is 11.8 Å². The van der Waals surface area contributed by atoms with Gasteiger partial charge in [-0.1, -0.05) is 37.7 Å². The number of alkyl halides is 3. The molecule has 2 rings (SSSR count). The molecule has 0 amide bonds. The van der Waals surface area contributed by atoms with Crippen LogP contribution in [0.4, 0.5) is 13.2 Å². The second kappa shape index (κ2) is 6.08. The topological polar surface area (TPSA) is 24.4 Å². The Morgan fingerprint density at radius 1 is 1.40 bits per heavy atom. The van der Waals surface area contributed by atoms with Crippen molar-refractivity contribution < 1.29 is 13.2 Å². The second-order valence-electron chi connectivity index (χ2n) is 5.13. The van der Waals surface area contributed by atoms with Gasteiger partial charge in [-0.25, -0.2) is 0 Å². The second-order valence-corrected chi connectivity index (χ2v) is 6.13. The highest BCUT2D eigenvalue weighted by Crippen LogP contribution is 2.29. The average Bonchev–Trinajstić information content (AvgIpc) is 2.85. The lowest BCUT2D eigenvalue weighted by Crippen LogP contribution is -2.31. The quantitative estimate of drug-likeness (QED) is 0.915. The molecule has 1 saturated heterocycles. The van der Waals surface area contributed by atoms with Gasteiger partial charge in [-0.2, -0.15) is 13.2 Å². The lowest BCUT2D eigenvalue weighted by atomic mass is 10.1. The van der Waals surface area contributed by atoms with E-state index in [1.165, 1.54) is 6.07 Å². The van der Waals surface area contributed by atoms with Crippen LogP contribution in [-0.2, 0) is 12.7 Å². The van der Waals surface area contributed by atoms with E-state index in [4.69, 9.17) is 0 Å². The summed E-state index contributed by atoms with van der Waals surface area (Å²) in [6, 6.07) is 5.71. The molecule has 1 aliphatic rings. The Kier molecular flexibility index (Phi) is 4.62. The number of benzene rings is 1. The molecule has 0 spiro atoms. The number of amidine groups is 1. The van der Waals surface area contributed by atoms with Gasteiger partial charge in [-0.3, -0.25) is 4.99 Å². The first kappa shape index (κ1) is 15.2. The van der Waals surface area contributed by atoms with Crippen LogP contribution in [0.15, 0.2) is 29.3 Å². The number of aliphatic imine (C=N–C) groups is 1. The van der Waals surface area contributed by atoms with Crippen molar-refractivity contribution in [1.82, 2.24) is 5.32 Å². The molecule has 110 valence electrons. The summed E-state index contributed by atoms with van der Waals surface area (Å²) in [5.41, 5.74) is -0.0509. The molecule has 1 aliphatic heterocycles. The summed E-state index contributed by atoms with van der Waals surface area (Å²) in [5.74, 6) is 1.47. The Hall–Kier alpha value is -1.17. The molecular formula is C14H17F3N2S. The molecule has 1 fully saturated rings. The van der Waals surface area contributed by atoms with Crippen LogP contribution in [0.3, 0.4) is 0 Å². The van der Waals surface area contributed by atoms with E-state index in [0.717, 1.165) is 23.1 Å². The minimum atomic E-state index is -4.30. The van der Waals surface area contributed by atoms with Gasteiger partial charge in [-0.05, 0) is 23.6 Å². The van der Waals surface area contributed by atoms with Gasteiger partial charge >= 0.3 is 6.18 Å².